The fraction of sp³-hybridized carbons (Fsp3) is 0.200. The minimum atomic E-state index is -0.489. The minimum Gasteiger partial charge on any atom is -0.487 e. The fourth-order valence-electron chi connectivity index (χ4n) is 1.22. The summed E-state index contributed by atoms with van der Waals surface area (Å²) >= 11 is 0. The van der Waals surface area contributed by atoms with E-state index in [1.807, 2.05) is 0 Å². The molecular formula is C10H11FN4O. The van der Waals surface area contributed by atoms with Gasteiger partial charge in [-0.15, -0.1) is 5.10 Å². The molecule has 2 rings (SSSR count). The molecular weight excluding hydrogens is 211 g/mol. The molecule has 0 spiro atoms. The van der Waals surface area contributed by atoms with Crippen LogP contribution in [0.25, 0.3) is 0 Å². The number of anilines is 1. The van der Waals surface area contributed by atoms with Crippen LogP contribution in [0, 0.1) is 5.82 Å². The van der Waals surface area contributed by atoms with Crippen LogP contribution in [0.3, 0.4) is 0 Å². The first-order valence-electron chi connectivity index (χ1n) is 4.68. The molecule has 0 radical (unpaired) electrons. The summed E-state index contributed by atoms with van der Waals surface area (Å²) in [6.07, 6.45) is 1.73. The highest BCUT2D eigenvalue weighted by Crippen LogP contribution is 2.18. The minimum absolute atomic E-state index is 0.104. The van der Waals surface area contributed by atoms with Crippen molar-refractivity contribution >= 4 is 5.69 Å². The van der Waals surface area contributed by atoms with Crippen molar-refractivity contribution < 1.29 is 9.13 Å². The molecule has 0 unspecified atom stereocenters. The molecule has 0 saturated heterocycles. The van der Waals surface area contributed by atoms with E-state index in [0.717, 1.165) is 0 Å². The van der Waals surface area contributed by atoms with Crippen LogP contribution in [-0.2, 0) is 13.7 Å². The van der Waals surface area contributed by atoms with E-state index >= 15 is 0 Å². The molecule has 84 valence electrons. The van der Waals surface area contributed by atoms with Gasteiger partial charge in [-0.05, 0) is 12.1 Å². The van der Waals surface area contributed by atoms with Crippen molar-refractivity contribution in [2.24, 2.45) is 7.05 Å². The first-order valence-corrected chi connectivity index (χ1v) is 4.68. The SMILES string of the molecule is Cn1cc(COc2ccc(N)c(F)c2)nn1. The standard InChI is InChI=1S/C10H11FN4O/c1-15-5-7(13-14-15)6-16-8-2-3-10(12)9(11)4-8/h2-5H,6,12H2,1H3. The van der Waals surface area contributed by atoms with Gasteiger partial charge in [-0.2, -0.15) is 0 Å². The van der Waals surface area contributed by atoms with Gasteiger partial charge in [0.05, 0.1) is 11.9 Å². The summed E-state index contributed by atoms with van der Waals surface area (Å²) in [4.78, 5) is 0. The number of halogens is 1. The highest BCUT2D eigenvalue weighted by Gasteiger charge is 2.03. The maximum atomic E-state index is 13.1. The van der Waals surface area contributed by atoms with E-state index in [9.17, 15) is 4.39 Å². The van der Waals surface area contributed by atoms with E-state index in [-0.39, 0.29) is 12.3 Å². The number of aryl methyl sites for hydroxylation is 1. The van der Waals surface area contributed by atoms with Gasteiger partial charge >= 0.3 is 0 Å². The number of nitrogens with two attached hydrogens (primary N) is 1. The zero-order valence-electron chi connectivity index (χ0n) is 8.72. The quantitative estimate of drug-likeness (QED) is 0.790. The normalized spacial score (nSPS) is 10.4. The molecule has 0 aliphatic heterocycles. The van der Waals surface area contributed by atoms with Crippen molar-refractivity contribution in [2.75, 3.05) is 5.73 Å². The average Bonchev–Trinajstić information content (AvgIpc) is 2.66. The molecule has 1 aromatic carbocycles. The van der Waals surface area contributed by atoms with Gasteiger partial charge in [-0.1, -0.05) is 5.21 Å². The third kappa shape index (κ3) is 2.28. The third-order valence-corrected chi connectivity index (χ3v) is 2.01. The Balaban J connectivity index is 2.02. The summed E-state index contributed by atoms with van der Waals surface area (Å²) in [7, 11) is 1.76. The lowest BCUT2D eigenvalue weighted by Gasteiger charge is -2.04. The Hall–Kier alpha value is -2.11. The van der Waals surface area contributed by atoms with E-state index in [1.54, 1.807) is 24.0 Å². The number of hydrogen-bond acceptors (Lipinski definition) is 4. The van der Waals surface area contributed by atoms with Gasteiger partial charge in [0, 0.05) is 13.1 Å². The smallest absolute Gasteiger partial charge is 0.149 e. The summed E-state index contributed by atoms with van der Waals surface area (Å²) < 4.78 is 20.0. The topological polar surface area (TPSA) is 66.0 Å². The Bertz CT molecular complexity index is 497. The fourth-order valence-corrected chi connectivity index (χ4v) is 1.22. The van der Waals surface area contributed by atoms with Gasteiger partial charge in [-0.25, -0.2) is 4.39 Å². The summed E-state index contributed by atoms with van der Waals surface area (Å²) in [5.41, 5.74) is 6.13. The first-order chi connectivity index (χ1) is 7.65. The number of aromatic nitrogens is 3. The van der Waals surface area contributed by atoms with Crippen LogP contribution in [0.2, 0.25) is 0 Å². The molecule has 16 heavy (non-hydrogen) atoms. The van der Waals surface area contributed by atoms with Gasteiger partial charge in [0.15, 0.2) is 0 Å². The largest absolute Gasteiger partial charge is 0.487 e. The lowest BCUT2D eigenvalue weighted by molar-refractivity contribution is 0.299. The molecule has 0 aliphatic carbocycles. The monoisotopic (exact) mass is 222 g/mol. The lowest BCUT2D eigenvalue weighted by Crippen LogP contribution is -1.97. The molecule has 0 amide bonds. The summed E-state index contributed by atoms with van der Waals surface area (Å²) in [6.45, 7) is 0.247. The Morgan fingerprint density at radius 1 is 1.50 bits per heavy atom. The van der Waals surface area contributed by atoms with Crippen LogP contribution in [0.15, 0.2) is 24.4 Å². The van der Waals surface area contributed by atoms with Crippen molar-refractivity contribution in [1.82, 2.24) is 15.0 Å². The second kappa shape index (κ2) is 4.18. The zero-order valence-corrected chi connectivity index (χ0v) is 8.72. The second-order valence-electron chi connectivity index (χ2n) is 3.36. The van der Waals surface area contributed by atoms with Crippen molar-refractivity contribution in [3.63, 3.8) is 0 Å². The van der Waals surface area contributed by atoms with Crippen LogP contribution < -0.4 is 10.5 Å². The molecule has 0 fully saturated rings. The number of hydrogen-bond donors (Lipinski definition) is 1. The molecule has 0 atom stereocenters. The maximum Gasteiger partial charge on any atom is 0.149 e. The Morgan fingerprint density at radius 3 is 2.94 bits per heavy atom. The number of rotatable bonds is 3. The van der Waals surface area contributed by atoms with E-state index in [4.69, 9.17) is 10.5 Å². The maximum absolute atomic E-state index is 13.1. The molecule has 1 heterocycles. The lowest BCUT2D eigenvalue weighted by atomic mass is 10.3. The van der Waals surface area contributed by atoms with Crippen LogP contribution in [-0.4, -0.2) is 15.0 Å². The number of nitrogens with zero attached hydrogens (tertiary/aromatic N) is 3. The molecule has 0 saturated carbocycles. The van der Waals surface area contributed by atoms with Crippen LogP contribution >= 0.6 is 0 Å². The van der Waals surface area contributed by atoms with Crippen molar-refractivity contribution in [2.45, 2.75) is 6.61 Å². The van der Waals surface area contributed by atoms with Gasteiger partial charge in [-0.3, -0.25) is 4.68 Å². The number of ether oxygens (including phenoxy) is 1. The van der Waals surface area contributed by atoms with Crippen LogP contribution in [0.1, 0.15) is 5.69 Å². The van der Waals surface area contributed by atoms with E-state index in [1.165, 1.54) is 12.1 Å². The third-order valence-electron chi connectivity index (χ3n) is 2.01. The van der Waals surface area contributed by atoms with Crippen LogP contribution in [0.4, 0.5) is 10.1 Å². The molecule has 0 aliphatic rings. The summed E-state index contributed by atoms with van der Waals surface area (Å²) in [5, 5.41) is 7.59. The number of benzene rings is 1. The van der Waals surface area contributed by atoms with Crippen molar-refractivity contribution in [1.29, 1.82) is 0 Å². The summed E-state index contributed by atoms with van der Waals surface area (Å²) in [5.74, 6) is -0.0750. The molecule has 1 aromatic heterocycles. The first kappa shape index (κ1) is 10.4. The molecule has 6 heteroatoms. The predicted octanol–water partition coefficient (Wildman–Crippen LogP) is 1.12. The second-order valence-corrected chi connectivity index (χ2v) is 3.36. The molecule has 5 nitrogen and oxygen atoms in total. The van der Waals surface area contributed by atoms with Crippen molar-refractivity contribution in [3.8, 4) is 5.75 Å². The van der Waals surface area contributed by atoms with Gasteiger partial charge in [0.25, 0.3) is 0 Å². The highest BCUT2D eigenvalue weighted by atomic mass is 19.1. The van der Waals surface area contributed by atoms with E-state index in [2.05, 4.69) is 10.3 Å². The van der Waals surface area contributed by atoms with Gasteiger partial charge in [0.2, 0.25) is 0 Å². The van der Waals surface area contributed by atoms with Gasteiger partial charge in [0.1, 0.15) is 23.9 Å². The molecule has 2 aromatic rings. The Morgan fingerprint density at radius 2 is 2.31 bits per heavy atom. The average molecular weight is 222 g/mol. The van der Waals surface area contributed by atoms with E-state index in [0.29, 0.717) is 11.4 Å². The number of nitrogen functional groups attached to an aromatic ring is 1. The zero-order chi connectivity index (χ0) is 11.5. The molecule has 2 N–H and O–H groups in total. The highest BCUT2D eigenvalue weighted by molar-refractivity contribution is 5.43. The predicted molar refractivity (Wildman–Crippen MR) is 56.1 cm³/mol. The Labute approximate surface area is 91.6 Å². The van der Waals surface area contributed by atoms with E-state index < -0.39 is 5.82 Å². The Kier molecular flexibility index (Phi) is 2.72. The van der Waals surface area contributed by atoms with Crippen molar-refractivity contribution in [3.05, 3.63) is 35.9 Å². The summed E-state index contributed by atoms with van der Waals surface area (Å²) in [6, 6.07) is 4.31. The van der Waals surface area contributed by atoms with Crippen LogP contribution in [0.5, 0.6) is 5.75 Å². The molecule has 0 bridgehead atoms. The van der Waals surface area contributed by atoms with Gasteiger partial charge < -0.3 is 10.5 Å².